The van der Waals surface area contributed by atoms with E-state index >= 15 is 0 Å². The van der Waals surface area contributed by atoms with Crippen LogP contribution in [-0.4, -0.2) is 57.9 Å². The molecular weight excluding hydrogens is 348 g/mol. The SMILES string of the molecule is CC(C)(C)OC(=O)N1CCC[C@H](c2cncc(N3C(=O)OCC3(C)C)n2)C1. The number of hydrogen-bond donors (Lipinski definition) is 0. The minimum Gasteiger partial charge on any atom is -0.447 e. The lowest BCUT2D eigenvalue weighted by Gasteiger charge is -2.34. The fourth-order valence-corrected chi connectivity index (χ4v) is 3.40. The van der Waals surface area contributed by atoms with E-state index in [1.807, 2.05) is 34.6 Å². The number of ether oxygens (including phenoxy) is 2. The Labute approximate surface area is 159 Å². The third-order valence-corrected chi connectivity index (χ3v) is 4.70. The van der Waals surface area contributed by atoms with E-state index in [1.165, 1.54) is 4.90 Å². The first-order chi connectivity index (χ1) is 12.6. The van der Waals surface area contributed by atoms with Gasteiger partial charge < -0.3 is 14.4 Å². The molecule has 2 saturated heterocycles. The van der Waals surface area contributed by atoms with E-state index in [0.717, 1.165) is 18.5 Å². The average Bonchev–Trinajstić information content (AvgIpc) is 2.86. The van der Waals surface area contributed by atoms with Crippen LogP contribution in [0.4, 0.5) is 15.4 Å². The van der Waals surface area contributed by atoms with Crippen molar-refractivity contribution < 1.29 is 19.1 Å². The number of amides is 2. The molecule has 148 valence electrons. The van der Waals surface area contributed by atoms with Crippen LogP contribution in [0.15, 0.2) is 12.4 Å². The largest absolute Gasteiger partial charge is 0.447 e. The van der Waals surface area contributed by atoms with Crippen LogP contribution in [0.25, 0.3) is 0 Å². The van der Waals surface area contributed by atoms with E-state index < -0.39 is 17.2 Å². The molecule has 0 unspecified atom stereocenters. The van der Waals surface area contributed by atoms with E-state index in [2.05, 4.69) is 9.97 Å². The Balaban J connectivity index is 1.77. The summed E-state index contributed by atoms with van der Waals surface area (Å²) < 4.78 is 10.7. The van der Waals surface area contributed by atoms with Gasteiger partial charge >= 0.3 is 12.2 Å². The number of aromatic nitrogens is 2. The summed E-state index contributed by atoms with van der Waals surface area (Å²) in [5.41, 5.74) is -0.221. The lowest BCUT2D eigenvalue weighted by atomic mass is 9.95. The highest BCUT2D eigenvalue weighted by Crippen LogP contribution is 2.31. The van der Waals surface area contributed by atoms with Gasteiger partial charge in [-0.3, -0.25) is 9.88 Å². The summed E-state index contributed by atoms with van der Waals surface area (Å²) in [7, 11) is 0. The van der Waals surface area contributed by atoms with Crippen LogP contribution in [-0.2, 0) is 9.47 Å². The zero-order chi connectivity index (χ0) is 19.8. The van der Waals surface area contributed by atoms with Crippen LogP contribution < -0.4 is 4.90 Å². The molecule has 0 aromatic carbocycles. The third-order valence-electron chi connectivity index (χ3n) is 4.70. The molecule has 2 aliphatic heterocycles. The Bertz CT molecular complexity index is 729. The number of hydrogen-bond acceptors (Lipinski definition) is 6. The molecule has 1 aromatic rings. The second-order valence-corrected chi connectivity index (χ2v) is 8.77. The molecule has 8 heteroatoms. The number of carbonyl (C=O) groups excluding carboxylic acids is 2. The number of rotatable bonds is 2. The van der Waals surface area contributed by atoms with E-state index in [-0.39, 0.29) is 12.0 Å². The van der Waals surface area contributed by atoms with Gasteiger partial charge in [-0.15, -0.1) is 0 Å². The molecule has 0 radical (unpaired) electrons. The summed E-state index contributed by atoms with van der Waals surface area (Å²) in [5.74, 6) is 0.537. The lowest BCUT2D eigenvalue weighted by Crippen LogP contribution is -2.43. The van der Waals surface area contributed by atoms with Crippen molar-refractivity contribution in [3.05, 3.63) is 18.1 Å². The maximum atomic E-state index is 12.4. The van der Waals surface area contributed by atoms with Crippen LogP contribution in [0.5, 0.6) is 0 Å². The predicted molar refractivity (Wildman–Crippen MR) is 99.7 cm³/mol. The van der Waals surface area contributed by atoms with E-state index in [9.17, 15) is 9.59 Å². The maximum absolute atomic E-state index is 12.4. The van der Waals surface area contributed by atoms with Gasteiger partial charge in [-0.25, -0.2) is 14.6 Å². The van der Waals surface area contributed by atoms with Crippen LogP contribution in [0.1, 0.15) is 59.1 Å². The van der Waals surface area contributed by atoms with Crippen LogP contribution in [0.2, 0.25) is 0 Å². The number of anilines is 1. The highest BCUT2D eigenvalue weighted by atomic mass is 16.6. The van der Waals surface area contributed by atoms with Crippen molar-refractivity contribution in [1.29, 1.82) is 0 Å². The number of nitrogens with zero attached hydrogens (tertiary/aromatic N) is 4. The van der Waals surface area contributed by atoms with Gasteiger partial charge in [-0.05, 0) is 47.5 Å². The Kier molecular flexibility index (Phi) is 5.01. The molecule has 27 heavy (non-hydrogen) atoms. The first-order valence-corrected chi connectivity index (χ1v) is 9.34. The molecular formula is C19H28N4O4. The number of carbonyl (C=O) groups is 2. The fourth-order valence-electron chi connectivity index (χ4n) is 3.40. The van der Waals surface area contributed by atoms with Gasteiger partial charge in [0.15, 0.2) is 5.82 Å². The zero-order valence-electron chi connectivity index (χ0n) is 16.7. The fraction of sp³-hybridized carbons (Fsp3) is 0.684. The summed E-state index contributed by atoms with van der Waals surface area (Å²) in [6.07, 6.45) is 4.34. The predicted octanol–water partition coefficient (Wildman–Crippen LogP) is 3.33. The van der Waals surface area contributed by atoms with Gasteiger partial charge in [0.1, 0.15) is 12.2 Å². The standard InChI is InChI=1S/C19H28N4O4/c1-18(2,3)27-16(24)22-8-6-7-13(11-22)14-9-20-10-15(21-14)23-17(25)26-12-19(23,4)5/h9-10,13H,6-8,11-12H2,1-5H3/t13-/m0/s1. The van der Waals surface area contributed by atoms with Gasteiger partial charge in [-0.2, -0.15) is 0 Å². The van der Waals surface area contributed by atoms with Crippen molar-refractivity contribution >= 4 is 18.0 Å². The van der Waals surface area contributed by atoms with Crippen molar-refractivity contribution in [2.75, 3.05) is 24.6 Å². The molecule has 2 amide bonds. The van der Waals surface area contributed by atoms with Gasteiger partial charge in [0.2, 0.25) is 0 Å². The van der Waals surface area contributed by atoms with Crippen molar-refractivity contribution in [2.24, 2.45) is 0 Å². The molecule has 0 aliphatic carbocycles. The molecule has 1 atom stereocenters. The second-order valence-electron chi connectivity index (χ2n) is 8.77. The summed E-state index contributed by atoms with van der Waals surface area (Å²) in [5, 5.41) is 0. The molecule has 3 heterocycles. The highest BCUT2D eigenvalue weighted by Gasteiger charge is 2.42. The molecule has 0 spiro atoms. The van der Waals surface area contributed by atoms with Crippen molar-refractivity contribution in [3.63, 3.8) is 0 Å². The summed E-state index contributed by atoms with van der Waals surface area (Å²) in [6, 6.07) is 0. The van der Waals surface area contributed by atoms with Crippen molar-refractivity contribution in [2.45, 2.75) is 64.5 Å². The second kappa shape index (κ2) is 6.98. The third kappa shape index (κ3) is 4.31. The molecule has 1 aromatic heterocycles. The molecule has 0 saturated carbocycles. The highest BCUT2D eigenvalue weighted by molar-refractivity contribution is 5.90. The topological polar surface area (TPSA) is 84.9 Å². The van der Waals surface area contributed by atoms with Crippen molar-refractivity contribution in [1.82, 2.24) is 14.9 Å². The first kappa shape index (κ1) is 19.4. The van der Waals surface area contributed by atoms with Crippen LogP contribution in [0, 0.1) is 0 Å². The lowest BCUT2D eigenvalue weighted by molar-refractivity contribution is 0.0197. The summed E-state index contributed by atoms with van der Waals surface area (Å²) in [4.78, 5) is 36.7. The van der Waals surface area contributed by atoms with Gasteiger partial charge in [0.05, 0.1) is 17.4 Å². The summed E-state index contributed by atoms with van der Waals surface area (Å²) >= 11 is 0. The molecule has 8 nitrogen and oxygen atoms in total. The van der Waals surface area contributed by atoms with Gasteiger partial charge in [0.25, 0.3) is 0 Å². The Hall–Kier alpha value is -2.38. The number of cyclic esters (lactones) is 1. The molecule has 2 aliphatic rings. The van der Waals surface area contributed by atoms with Crippen LogP contribution >= 0.6 is 0 Å². The van der Waals surface area contributed by atoms with Crippen LogP contribution in [0.3, 0.4) is 0 Å². The first-order valence-electron chi connectivity index (χ1n) is 9.34. The van der Waals surface area contributed by atoms with Gasteiger partial charge in [-0.1, -0.05) is 0 Å². The zero-order valence-corrected chi connectivity index (χ0v) is 16.7. The van der Waals surface area contributed by atoms with E-state index in [1.54, 1.807) is 17.3 Å². The Morgan fingerprint density at radius 3 is 2.70 bits per heavy atom. The number of piperidine rings is 1. The molecule has 0 bridgehead atoms. The van der Waals surface area contributed by atoms with Crippen molar-refractivity contribution in [3.8, 4) is 0 Å². The summed E-state index contributed by atoms with van der Waals surface area (Å²) in [6.45, 7) is 10.9. The monoisotopic (exact) mass is 376 g/mol. The minimum absolute atomic E-state index is 0.0560. The average molecular weight is 376 g/mol. The normalized spacial score (nSPS) is 22.6. The Morgan fingerprint density at radius 2 is 2.07 bits per heavy atom. The van der Waals surface area contributed by atoms with E-state index in [0.29, 0.717) is 25.5 Å². The Morgan fingerprint density at radius 1 is 1.33 bits per heavy atom. The minimum atomic E-state index is -0.522. The maximum Gasteiger partial charge on any atom is 0.416 e. The van der Waals surface area contributed by atoms with E-state index in [4.69, 9.17) is 9.47 Å². The van der Waals surface area contributed by atoms with Gasteiger partial charge in [0, 0.05) is 25.2 Å². The smallest absolute Gasteiger partial charge is 0.416 e. The quantitative estimate of drug-likeness (QED) is 0.787. The number of likely N-dealkylation sites (tertiary alicyclic amines) is 1. The molecule has 2 fully saturated rings. The molecule has 3 rings (SSSR count). The molecule has 0 N–H and O–H groups in total.